The lowest BCUT2D eigenvalue weighted by Crippen LogP contribution is -2.41. The molecule has 0 fully saturated rings. The number of nitrogens with zero attached hydrogens (tertiary/aromatic N) is 3. The summed E-state index contributed by atoms with van der Waals surface area (Å²) in [5.41, 5.74) is -0.407. The van der Waals surface area contributed by atoms with Crippen LogP contribution in [0.15, 0.2) is 32.6 Å². The Hall–Kier alpha value is -2.17. The van der Waals surface area contributed by atoms with E-state index in [0.717, 1.165) is 10.1 Å². The molecular formula is C12H11N3O3S. The minimum absolute atomic E-state index is 0.0530. The van der Waals surface area contributed by atoms with Gasteiger partial charge in [0.15, 0.2) is 0 Å². The van der Waals surface area contributed by atoms with Gasteiger partial charge in [0.2, 0.25) is 0 Å². The average Bonchev–Trinajstić information content (AvgIpc) is 2.91. The summed E-state index contributed by atoms with van der Waals surface area (Å²) in [6.45, 7) is -0.0546. The van der Waals surface area contributed by atoms with Crippen LogP contribution in [0.4, 0.5) is 0 Å². The third-order valence-electron chi connectivity index (χ3n) is 2.62. The van der Waals surface area contributed by atoms with E-state index >= 15 is 0 Å². The van der Waals surface area contributed by atoms with E-state index in [9.17, 15) is 9.59 Å². The molecule has 2 heterocycles. The van der Waals surface area contributed by atoms with Crippen molar-refractivity contribution >= 4 is 11.3 Å². The van der Waals surface area contributed by atoms with E-state index in [4.69, 9.17) is 10.4 Å². The smallest absolute Gasteiger partial charge is 0.331 e. The Labute approximate surface area is 112 Å². The van der Waals surface area contributed by atoms with E-state index in [1.165, 1.54) is 22.1 Å². The van der Waals surface area contributed by atoms with Gasteiger partial charge in [-0.15, -0.1) is 0 Å². The molecule has 0 saturated carbocycles. The second-order valence-electron chi connectivity index (χ2n) is 3.88. The molecule has 1 N–H and O–H groups in total. The molecule has 7 heteroatoms. The molecule has 0 saturated heterocycles. The van der Waals surface area contributed by atoms with Crippen LogP contribution in [0.2, 0.25) is 0 Å². The van der Waals surface area contributed by atoms with Crippen LogP contribution in [0, 0.1) is 11.3 Å². The third-order valence-corrected chi connectivity index (χ3v) is 3.35. The van der Waals surface area contributed by atoms with E-state index in [1.54, 1.807) is 6.07 Å². The van der Waals surface area contributed by atoms with Gasteiger partial charge in [-0.05, 0) is 22.4 Å². The van der Waals surface area contributed by atoms with Gasteiger partial charge in [-0.2, -0.15) is 16.6 Å². The zero-order chi connectivity index (χ0) is 13.8. The topological polar surface area (TPSA) is 88.0 Å². The Balaban J connectivity index is 2.58. The molecule has 0 aliphatic carbocycles. The van der Waals surface area contributed by atoms with Gasteiger partial charge in [0.05, 0.1) is 19.7 Å². The van der Waals surface area contributed by atoms with Crippen molar-refractivity contribution in [3.63, 3.8) is 0 Å². The summed E-state index contributed by atoms with van der Waals surface area (Å²) in [6.07, 6.45) is 1.19. The molecule has 0 aliphatic heterocycles. The molecule has 0 spiro atoms. The summed E-state index contributed by atoms with van der Waals surface area (Å²) in [6, 6.07) is 3.58. The summed E-state index contributed by atoms with van der Waals surface area (Å²) in [4.78, 5) is 24.1. The van der Waals surface area contributed by atoms with Crippen LogP contribution in [-0.2, 0) is 13.1 Å². The van der Waals surface area contributed by atoms with Crippen molar-refractivity contribution < 1.29 is 5.11 Å². The molecule has 2 aromatic heterocycles. The number of hydrogen-bond donors (Lipinski definition) is 1. The van der Waals surface area contributed by atoms with Crippen LogP contribution in [-0.4, -0.2) is 20.8 Å². The number of rotatable bonds is 4. The quantitative estimate of drug-likeness (QED) is 0.851. The van der Waals surface area contributed by atoms with Crippen LogP contribution in [0.3, 0.4) is 0 Å². The van der Waals surface area contributed by atoms with Crippen molar-refractivity contribution in [3.05, 3.63) is 55.0 Å². The first-order valence-corrected chi connectivity index (χ1v) is 6.48. The van der Waals surface area contributed by atoms with E-state index in [1.807, 2.05) is 16.8 Å². The SMILES string of the molecule is N#Cc1cn(CCO)c(=O)n(Cc2ccsc2)c1=O. The van der Waals surface area contributed by atoms with Gasteiger partial charge in [-0.25, -0.2) is 4.79 Å². The molecule has 2 rings (SSSR count). The summed E-state index contributed by atoms with van der Waals surface area (Å²) in [5.74, 6) is 0. The molecular weight excluding hydrogens is 266 g/mol. The lowest BCUT2D eigenvalue weighted by molar-refractivity contribution is 0.271. The van der Waals surface area contributed by atoms with Crippen molar-refractivity contribution in [1.82, 2.24) is 9.13 Å². The number of aromatic nitrogens is 2. The fourth-order valence-electron chi connectivity index (χ4n) is 1.70. The highest BCUT2D eigenvalue weighted by Crippen LogP contribution is 2.06. The van der Waals surface area contributed by atoms with Gasteiger partial charge < -0.3 is 5.11 Å². The Bertz CT molecular complexity index is 722. The van der Waals surface area contributed by atoms with Crippen LogP contribution < -0.4 is 11.2 Å². The normalized spacial score (nSPS) is 10.3. The summed E-state index contributed by atoms with van der Waals surface area (Å²) in [5, 5.41) is 21.5. The zero-order valence-corrected chi connectivity index (χ0v) is 10.8. The standard InChI is InChI=1S/C12H11N3O3S/c13-5-10-7-14(2-3-16)12(18)15(11(10)17)6-9-1-4-19-8-9/h1,4,7-8,16H,2-3,6H2. The highest BCUT2D eigenvalue weighted by atomic mass is 32.1. The maximum Gasteiger partial charge on any atom is 0.331 e. The Morgan fingerprint density at radius 2 is 2.21 bits per heavy atom. The summed E-state index contributed by atoms with van der Waals surface area (Å²) >= 11 is 1.47. The second-order valence-corrected chi connectivity index (χ2v) is 4.66. The fourth-order valence-corrected chi connectivity index (χ4v) is 2.36. The zero-order valence-electron chi connectivity index (χ0n) is 9.94. The van der Waals surface area contributed by atoms with Gasteiger partial charge >= 0.3 is 5.69 Å². The Morgan fingerprint density at radius 3 is 2.79 bits per heavy atom. The highest BCUT2D eigenvalue weighted by molar-refractivity contribution is 7.07. The predicted molar refractivity (Wildman–Crippen MR) is 70.2 cm³/mol. The van der Waals surface area contributed by atoms with Crippen LogP contribution in [0.1, 0.15) is 11.1 Å². The maximum absolute atomic E-state index is 12.1. The van der Waals surface area contributed by atoms with Crippen LogP contribution >= 0.6 is 11.3 Å². The molecule has 0 aliphatic rings. The number of hydrogen-bond acceptors (Lipinski definition) is 5. The number of aliphatic hydroxyl groups excluding tert-OH is 1. The molecule has 6 nitrogen and oxygen atoms in total. The average molecular weight is 277 g/mol. The molecule has 0 amide bonds. The lowest BCUT2D eigenvalue weighted by Gasteiger charge is -2.09. The van der Waals surface area contributed by atoms with Crippen LogP contribution in [0.5, 0.6) is 0 Å². The molecule has 19 heavy (non-hydrogen) atoms. The maximum atomic E-state index is 12.1. The van der Waals surface area contributed by atoms with Crippen molar-refractivity contribution in [2.24, 2.45) is 0 Å². The monoisotopic (exact) mass is 277 g/mol. The number of aliphatic hydroxyl groups is 1. The van der Waals surface area contributed by atoms with Gasteiger partial charge in [0, 0.05) is 6.20 Å². The predicted octanol–water partition coefficient (Wildman–Crippen LogP) is -0.0162. The fraction of sp³-hybridized carbons (Fsp3) is 0.250. The van der Waals surface area contributed by atoms with Crippen LogP contribution in [0.25, 0.3) is 0 Å². The minimum Gasteiger partial charge on any atom is -0.395 e. The van der Waals surface area contributed by atoms with Gasteiger partial charge in [0.1, 0.15) is 11.6 Å². The molecule has 0 bridgehead atoms. The summed E-state index contributed by atoms with van der Waals surface area (Å²) in [7, 11) is 0. The van der Waals surface area contributed by atoms with Gasteiger partial charge in [-0.1, -0.05) is 0 Å². The number of nitriles is 1. The molecule has 2 aromatic rings. The van der Waals surface area contributed by atoms with E-state index in [-0.39, 0.29) is 25.3 Å². The molecule has 0 radical (unpaired) electrons. The first-order valence-electron chi connectivity index (χ1n) is 5.53. The van der Waals surface area contributed by atoms with Crippen molar-refractivity contribution in [2.45, 2.75) is 13.1 Å². The highest BCUT2D eigenvalue weighted by Gasteiger charge is 2.11. The summed E-state index contributed by atoms with van der Waals surface area (Å²) < 4.78 is 2.18. The van der Waals surface area contributed by atoms with Crippen molar-refractivity contribution in [2.75, 3.05) is 6.61 Å². The number of thiophene rings is 1. The molecule has 0 aromatic carbocycles. The lowest BCUT2D eigenvalue weighted by atomic mass is 10.3. The Kier molecular flexibility index (Phi) is 3.94. The molecule has 0 unspecified atom stereocenters. The minimum atomic E-state index is -0.604. The second kappa shape index (κ2) is 5.65. The van der Waals surface area contributed by atoms with Crippen molar-refractivity contribution in [3.8, 4) is 6.07 Å². The largest absolute Gasteiger partial charge is 0.395 e. The van der Waals surface area contributed by atoms with Gasteiger partial charge in [0.25, 0.3) is 5.56 Å². The molecule has 0 atom stereocenters. The molecule has 98 valence electrons. The van der Waals surface area contributed by atoms with E-state index in [0.29, 0.717) is 0 Å². The van der Waals surface area contributed by atoms with Crippen molar-refractivity contribution in [1.29, 1.82) is 5.26 Å². The first-order chi connectivity index (χ1) is 9.17. The third kappa shape index (κ3) is 2.65. The first kappa shape index (κ1) is 13.3. The Morgan fingerprint density at radius 1 is 1.42 bits per heavy atom. The van der Waals surface area contributed by atoms with Gasteiger partial charge in [-0.3, -0.25) is 13.9 Å². The van der Waals surface area contributed by atoms with E-state index < -0.39 is 11.2 Å². The van der Waals surface area contributed by atoms with E-state index in [2.05, 4.69) is 0 Å².